The van der Waals surface area contributed by atoms with Gasteiger partial charge in [-0.1, -0.05) is 140 Å². The number of allylic oxidation sites excluding steroid dienone is 8. The Hall–Kier alpha value is -5.80. The zero-order chi connectivity index (χ0) is 32.3. The van der Waals surface area contributed by atoms with Crippen LogP contribution in [0.4, 0.5) is 11.4 Å². The molecule has 0 saturated carbocycles. The van der Waals surface area contributed by atoms with Crippen LogP contribution in [-0.2, 0) is 0 Å². The molecule has 0 fully saturated rings. The lowest BCUT2D eigenvalue weighted by atomic mass is 9.85. The van der Waals surface area contributed by atoms with Gasteiger partial charge in [-0.25, -0.2) is 0 Å². The first-order chi connectivity index (χ1) is 24.3. The van der Waals surface area contributed by atoms with Crippen molar-refractivity contribution in [2.45, 2.75) is 37.4 Å². The fraction of sp³-hybridized carbons (Fsp3) is 0.130. The van der Waals surface area contributed by atoms with Crippen LogP contribution in [-0.4, -0.2) is 4.57 Å². The zero-order valence-electron chi connectivity index (χ0n) is 27.3. The highest BCUT2D eigenvalue weighted by Gasteiger charge is 2.27. The largest absolute Gasteiger partial charge is 0.661 e. The molecule has 10 rings (SSSR count). The normalized spacial score (nSPS) is 20.2. The summed E-state index contributed by atoms with van der Waals surface area (Å²) in [5.74, 6) is 0.386. The molecule has 236 valence electrons. The average Bonchev–Trinajstić information content (AvgIpc) is 3.53. The van der Waals surface area contributed by atoms with E-state index in [2.05, 4.69) is 168 Å². The molecule has 3 heteroatoms. The Morgan fingerprint density at radius 1 is 0.673 bits per heavy atom. The molecule has 3 unspecified atom stereocenters. The van der Waals surface area contributed by atoms with Crippen molar-refractivity contribution in [2.24, 2.45) is 0 Å². The van der Waals surface area contributed by atoms with Crippen LogP contribution in [0.5, 0.6) is 0 Å². The lowest BCUT2D eigenvalue weighted by Gasteiger charge is -2.48. The van der Waals surface area contributed by atoms with Crippen molar-refractivity contribution in [3.05, 3.63) is 185 Å². The third-order valence-electron chi connectivity index (χ3n) is 10.8. The average molecular weight is 631 g/mol. The van der Waals surface area contributed by atoms with Crippen molar-refractivity contribution in [3.8, 4) is 0 Å². The predicted molar refractivity (Wildman–Crippen MR) is 207 cm³/mol. The van der Waals surface area contributed by atoms with Gasteiger partial charge in [0.05, 0.1) is 6.04 Å². The molecular formula is C46H36N3-. The van der Waals surface area contributed by atoms with Crippen LogP contribution in [0.3, 0.4) is 0 Å². The molecule has 0 radical (unpaired) electrons. The maximum atomic E-state index is 5.54. The number of hydrogen-bond acceptors (Lipinski definition) is 1. The number of hydrogen-bond donors (Lipinski definition) is 1. The number of anilines is 1. The summed E-state index contributed by atoms with van der Waals surface area (Å²) < 4.78 is 2.50. The van der Waals surface area contributed by atoms with Crippen LogP contribution in [0, 0.1) is 0 Å². The fourth-order valence-corrected chi connectivity index (χ4v) is 8.39. The zero-order valence-corrected chi connectivity index (χ0v) is 27.3. The van der Waals surface area contributed by atoms with Gasteiger partial charge >= 0.3 is 0 Å². The van der Waals surface area contributed by atoms with E-state index in [9.17, 15) is 0 Å². The van der Waals surface area contributed by atoms with E-state index in [1.165, 1.54) is 65.6 Å². The Morgan fingerprint density at radius 2 is 1.35 bits per heavy atom. The lowest BCUT2D eigenvalue weighted by Crippen LogP contribution is -2.26. The van der Waals surface area contributed by atoms with Crippen LogP contribution in [0.15, 0.2) is 169 Å². The van der Waals surface area contributed by atoms with Crippen LogP contribution >= 0.6 is 0 Å². The summed E-state index contributed by atoms with van der Waals surface area (Å²) >= 11 is 0. The first-order valence-corrected chi connectivity index (χ1v) is 17.5. The second-order valence-electron chi connectivity index (χ2n) is 13.6. The van der Waals surface area contributed by atoms with E-state index in [1.807, 2.05) is 0 Å². The van der Waals surface area contributed by atoms with Crippen LogP contribution in [0.2, 0.25) is 0 Å². The minimum Gasteiger partial charge on any atom is -0.661 e. The molecule has 0 bridgehead atoms. The molecular weight excluding hydrogens is 595 g/mol. The first kappa shape index (κ1) is 28.2. The van der Waals surface area contributed by atoms with E-state index in [0.29, 0.717) is 5.92 Å². The van der Waals surface area contributed by atoms with Crippen molar-refractivity contribution >= 4 is 54.7 Å². The van der Waals surface area contributed by atoms with Gasteiger partial charge in [-0.2, -0.15) is 0 Å². The van der Waals surface area contributed by atoms with E-state index < -0.39 is 0 Å². The molecule has 1 N–H and O–H groups in total. The molecule has 3 aliphatic rings. The molecule has 0 spiro atoms. The van der Waals surface area contributed by atoms with Gasteiger partial charge < -0.3 is 15.2 Å². The fourth-order valence-electron chi connectivity index (χ4n) is 8.39. The van der Waals surface area contributed by atoms with Crippen molar-refractivity contribution in [2.75, 3.05) is 5.32 Å². The standard InChI is InChI=1S/C46H36N3/c1-2-10-30(11-3-1)31-18-20-32(21-19-31)33-22-24-36(25-23-33)45-46(48-40-17-9-8-16-39(40)47-45)49-41-28-26-34-12-4-6-14-37(34)43(41)44-38-15-7-5-13-35(38)27-29-42(44)49/h1-2,4-10,12-20,22-29,32,45-47H,3,11,21H2/q-1. The van der Waals surface area contributed by atoms with Gasteiger partial charge in [0.1, 0.15) is 0 Å². The van der Waals surface area contributed by atoms with Crippen molar-refractivity contribution < 1.29 is 0 Å². The van der Waals surface area contributed by atoms with E-state index >= 15 is 0 Å². The highest BCUT2D eigenvalue weighted by molar-refractivity contribution is 6.28. The molecule has 2 aliphatic carbocycles. The van der Waals surface area contributed by atoms with E-state index in [0.717, 1.165) is 30.6 Å². The van der Waals surface area contributed by atoms with Crippen LogP contribution < -0.4 is 5.32 Å². The summed E-state index contributed by atoms with van der Waals surface area (Å²) in [7, 11) is 0. The van der Waals surface area contributed by atoms with Crippen molar-refractivity contribution in [1.82, 2.24) is 4.57 Å². The number of nitrogens with zero attached hydrogens (tertiary/aromatic N) is 2. The Balaban J connectivity index is 1.10. The Morgan fingerprint density at radius 3 is 2.02 bits per heavy atom. The molecule has 1 aromatic heterocycles. The molecule has 0 amide bonds. The number of aromatic nitrogens is 1. The Bertz CT molecular complexity index is 2450. The second kappa shape index (κ2) is 11.4. The summed E-state index contributed by atoms with van der Waals surface area (Å²) in [6.07, 6.45) is 17.0. The van der Waals surface area contributed by atoms with Gasteiger partial charge in [-0.05, 0) is 87.4 Å². The number of benzene rings is 6. The monoisotopic (exact) mass is 630 g/mol. The molecule has 7 aromatic rings. The lowest BCUT2D eigenvalue weighted by molar-refractivity contribution is 0.530. The summed E-state index contributed by atoms with van der Waals surface area (Å²) in [4.78, 5) is 0. The maximum Gasteiger partial charge on any atom is 0.0560 e. The third-order valence-corrected chi connectivity index (χ3v) is 10.8. The Labute approximate surface area is 286 Å². The number of fused-ring (bicyclic) bond motifs is 8. The van der Waals surface area contributed by atoms with Crippen LogP contribution in [0.1, 0.15) is 48.5 Å². The molecule has 3 atom stereocenters. The molecule has 2 heterocycles. The van der Waals surface area contributed by atoms with Gasteiger partial charge in [-0.15, -0.1) is 5.69 Å². The maximum absolute atomic E-state index is 5.54. The van der Waals surface area contributed by atoms with Gasteiger partial charge in [0, 0.05) is 33.4 Å². The highest BCUT2D eigenvalue weighted by Crippen LogP contribution is 2.51. The smallest absolute Gasteiger partial charge is 0.0560 e. The summed E-state index contributed by atoms with van der Waals surface area (Å²) in [6.45, 7) is 0. The molecule has 49 heavy (non-hydrogen) atoms. The number of nitrogens with one attached hydrogen (secondary N) is 1. The summed E-state index contributed by atoms with van der Waals surface area (Å²) in [6, 6.07) is 44.4. The second-order valence-corrected chi connectivity index (χ2v) is 13.6. The van der Waals surface area contributed by atoms with Gasteiger partial charge in [0.2, 0.25) is 0 Å². The van der Waals surface area contributed by atoms with E-state index in [1.54, 1.807) is 0 Å². The van der Waals surface area contributed by atoms with Crippen LogP contribution in [0.25, 0.3) is 48.7 Å². The van der Waals surface area contributed by atoms with Crippen molar-refractivity contribution in [1.29, 1.82) is 0 Å². The molecule has 3 nitrogen and oxygen atoms in total. The first-order valence-electron chi connectivity index (χ1n) is 17.5. The topological polar surface area (TPSA) is 31.1 Å². The van der Waals surface area contributed by atoms with Gasteiger partial charge in [-0.3, -0.25) is 0 Å². The number of para-hydroxylation sites is 2. The number of rotatable bonds is 4. The predicted octanol–water partition coefficient (Wildman–Crippen LogP) is 12.7. The Kier molecular flexibility index (Phi) is 6.58. The van der Waals surface area contributed by atoms with E-state index in [-0.39, 0.29) is 12.2 Å². The summed E-state index contributed by atoms with van der Waals surface area (Å²) in [5, 5.41) is 17.1. The molecule has 1 aliphatic heterocycles. The van der Waals surface area contributed by atoms with Gasteiger partial charge in [0.25, 0.3) is 0 Å². The minimum absolute atomic E-state index is 0.0552. The van der Waals surface area contributed by atoms with Crippen molar-refractivity contribution in [3.63, 3.8) is 0 Å². The SMILES string of the molecule is C1=CCCC(C2=CCC(c3ccc(C4Nc5ccccc5[N-]C4n4c5ccc6ccccc6c5c5c6ccccc6ccc54)cc3)C=C2)=C1. The quantitative estimate of drug-likeness (QED) is 0.206. The van der Waals surface area contributed by atoms with E-state index in [4.69, 9.17) is 5.32 Å². The highest BCUT2D eigenvalue weighted by atomic mass is 15.3. The molecule has 6 aromatic carbocycles. The summed E-state index contributed by atoms with van der Waals surface area (Å²) in [5.41, 5.74) is 9.92. The third kappa shape index (κ3) is 4.64. The van der Waals surface area contributed by atoms with Gasteiger partial charge in [0.15, 0.2) is 0 Å². The minimum atomic E-state index is -0.194. The molecule has 0 saturated heterocycles.